The normalized spacial score (nSPS) is 17.9. The Bertz CT molecular complexity index is 742. The lowest BCUT2D eigenvalue weighted by Gasteiger charge is -2.23. The van der Waals surface area contributed by atoms with Gasteiger partial charge in [-0.05, 0) is 31.9 Å². The predicted molar refractivity (Wildman–Crippen MR) is 119 cm³/mol. The Labute approximate surface area is 178 Å². The molecule has 0 amide bonds. The van der Waals surface area contributed by atoms with Crippen molar-refractivity contribution in [2.45, 2.75) is 25.8 Å². The Hall–Kier alpha value is -1.27. The summed E-state index contributed by atoms with van der Waals surface area (Å²) in [6, 6.07) is 5.47. The van der Waals surface area contributed by atoms with E-state index in [2.05, 4.69) is 15.6 Å². The molecule has 1 fully saturated rings. The summed E-state index contributed by atoms with van der Waals surface area (Å²) in [6.45, 7) is 3.53. The first-order chi connectivity index (χ1) is 12.4. The van der Waals surface area contributed by atoms with Crippen LogP contribution in [0.1, 0.15) is 19.8 Å². The van der Waals surface area contributed by atoms with Crippen molar-refractivity contribution in [3.63, 3.8) is 0 Å². The van der Waals surface area contributed by atoms with Crippen LogP contribution in [0.5, 0.6) is 11.5 Å². The van der Waals surface area contributed by atoms with E-state index >= 15 is 0 Å². The SMILES string of the molecule is CCOc1cc(NC(=NC)NC[C@H]2CCCN2S(C)(=O)=O)ccc1OC.I. The second-order valence-electron chi connectivity index (χ2n) is 6.05. The van der Waals surface area contributed by atoms with E-state index in [1.54, 1.807) is 18.5 Å². The van der Waals surface area contributed by atoms with E-state index in [1.807, 2.05) is 25.1 Å². The van der Waals surface area contributed by atoms with Crippen molar-refractivity contribution in [2.75, 3.05) is 45.4 Å². The molecule has 8 nitrogen and oxygen atoms in total. The van der Waals surface area contributed by atoms with E-state index in [0.717, 1.165) is 18.5 Å². The fourth-order valence-electron chi connectivity index (χ4n) is 3.00. The van der Waals surface area contributed by atoms with Gasteiger partial charge in [0.05, 0.1) is 20.0 Å². The summed E-state index contributed by atoms with van der Waals surface area (Å²) in [4.78, 5) is 4.20. The number of benzene rings is 1. The van der Waals surface area contributed by atoms with Gasteiger partial charge in [0.1, 0.15) is 0 Å². The quantitative estimate of drug-likeness (QED) is 0.331. The van der Waals surface area contributed by atoms with Crippen LogP contribution in [0.4, 0.5) is 5.69 Å². The third-order valence-corrected chi connectivity index (χ3v) is 5.54. The van der Waals surface area contributed by atoms with Crippen molar-refractivity contribution in [1.82, 2.24) is 9.62 Å². The Morgan fingerprint density at radius 1 is 1.37 bits per heavy atom. The molecule has 1 atom stereocenters. The van der Waals surface area contributed by atoms with Crippen LogP contribution in [0.25, 0.3) is 0 Å². The second-order valence-corrected chi connectivity index (χ2v) is 7.98. The first-order valence-electron chi connectivity index (χ1n) is 8.64. The summed E-state index contributed by atoms with van der Waals surface area (Å²) in [6.07, 6.45) is 2.97. The zero-order valence-corrected chi connectivity index (χ0v) is 19.3. The van der Waals surface area contributed by atoms with Gasteiger partial charge in [-0.25, -0.2) is 8.42 Å². The lowest BCUT2D eigenvalue weighted by Crippen LogP contribution is -2.44. The van der Waals surface area contributed by atoms with Crippen LogP contribution in [-0.4, -0.2) is 64.8 Å². The molecular formula is C17H29IN4O4S. The van der Waals surface area contributed by atoms with Crippen LogP contribution in [-0.2, 0) is 10.0 Å². The zero-order valence-electron chi connectivity index (χ0n) is 16.2. The van der Waals surface area contributed by atoms with E-state index in [0.29, 0.717) is 37.2 Å². The molecule has 154 valence electrons. The van der Waals surface area contributed by atoms with Gasteiger partial charge in [0.15, 0.2) is 17.5 Å². The lowest BCUT2D eigenvalue weighted by molar-refractivity contribution is 0.311. The molecule has 1 heterocycles. The number of hydrogen-bond acceptors (Lipinski definition) is 5. The fraction of sp³-hybridized carbons (Fsp3) is 0.588. The lowest BCUT2D eigenvalue weighted by atomic mass is 10.2. The maximum absolute atomic E-state index is 11.8. The Balaban J connectivity index is 0.00000364. The number of methoxy groups -OCH3 is 1. The van der Waals surface area contributed by atoms with Crippen LogP contribution in [0.3, 0.4) is 0 Å². The summed E-state index contributed by atoms with van der Waals surface area (Å²) in [5.41, 5.74) is 0.800. The molecule has 1 aromatic carbocycles. The Morgan fingerprint density at radius 2 is 2.11 bits per heavy atom. The molecule has 1 aliphatic rings. The van der Waals surface area contributed by atoms with E-state index in [4.69, 9.17) is 9.47 Å². The minimum Gasteiger partial charge on any atom is -0.493 e. The number of nitrogens with zero attached hydrogens (tertiary/aromatic N) is 2. The van der Waals surface area contributed by atoms with Gasteiger partial charge in [-0.3, -0.25) is 4.99 Å². The fourth-order valence-corrected chi connectivity index (χ4v) is 4.19. The molecule has 1 saturated heterocycles. The van der Waals surface area contributed by atoms with Gasteiger partial charge < -0.3 is 20.1 Å². The van der Waals surface area contributed by atoms with Crippen molar-refractivity contribution in [3.8, 4) is 11.5 Å². The van der Waals surface area contributed by atoms with Crippen molar-refractivity contribution in [2.24, 2.45) is 4.99 Å². The molecule has 1 aromatic rings. The molecule has 2 N–H and O–H groups in total. The van der Waals surface area contributed by atoms with Gasteiger partial charge in [0.2, 0.25) is 10.0 Å². The molecule has 27 heavy (non-hydrogen) atoms. The van der Waals surface area contributed by atoms with Crippen molar-refractivity contribution in [1.29, 1.82) is 0 Å². The third-order valence-electron chi connectivity index (χ3n) is 4.20. The van der Waals surface area contributed by atoms with Crippen LogP contribution in [0.15, 0.2) is 23.2 Å². The highest BCUT2D eigenvalue weighted by atomic mass is 127. The van der Waals surface area contributed by atoms with Crippen LogP contribution >= 0.6 is 24.0 Å². The highest BCUT2D eigenvalue weighted by Gasteiger charge is 2.31. The van der Waals surface area contributed by atoms with Crippen molar-refractivity contribution >= 4 is 45.6 Å². The number of anilines is 1. The molecule has 1 aliphatic heterocycles. The molecule has 0 saturated carbocycles. The number of guanidine groups is 1. The maximum atomic E-state index is 11.8. The first kappa shape index (κ1) is 23.8. The monoisotopic (exact) mass is 512 g/mol. The summed E-state index contributed by atoms with van der Waals surface area (Å²) < 4.78 is 36.1. The second kappa shape index (κ2) is 10.9. The summed E-state index contributed by atoms with van der Waals surface area (Å²) in [5.74, 6) is 1.88. The van der Waals surface area contributed by atoms with Crippen molar-refractivity contribution in [3.05, 3.63) is 18.2 Å². The highest BCUT2D eigenvalue weighted by Crippen LogP contribution is 2.30. The Morgan fingerprint density at radius 3 is 2.70 bits per heavy atom. The molecule has 0 spiro atoms. The maximum Gasteiger partial charge on any atom is 0.211 e. The third kappa shape index (κ3) is 6.68. The number of halogens is 1. The van der Waals surface area contributed by atoms with E-state index < -0.39 is 10.0 Å². The van der Waals surface area contributed by atoms with Gasteiger partial charge in [-0.2, -0.15) is 4.31 Å². The van der Waals surface area contributed by atoms with Crippen molar-refractivity contribution < 1.29 is 17.9 Å². The van der Waals surface area contributed by atoms with Gasteiger partial charge >= 0.3 is 0 Å². The highest BCUT2D eigenvalue weighted by molar-refractivity contribution is 14.0. The number of hydrogen-bond donors (Lipinski definition) is 2. The Kier molecular flexibility index (Phi) is 9.60. The molecule has 0 aromatic heterocycles. The molecule has 10 heteroatoms. The van der Waals surface area contributed by atoms with Gasteiger partial charge in [0.25, 0.3) is 0 Å². The van der Waals surface area contributed by atoms with Crippen LogP contribution in [0.2, 0.25) is 0 Å². The molecule has 0 bridgehead atoms. The molecule has 0 radical (unpaired) electrons. The standard InChI is InChI=1S/C17H28N4O4S.HI/c1-5-25-16-11-13(8-9-15(16)24-3)20-17(18-2)19-12-14-7-6-10-21(14)26(4,22)23;/h8-9,11,14H,5-7,10,12H2,1-4H3,(H2,18,19,20);1H/t14-;/m1./s1. The van der Waals surface area contributed by atoms with E-state index in [9.17, 15) is 8.42 Å². The van der Waals surface area contributed by atoms with E-state index in [1.165, 1.54) is 6.26 Å². The van der Waals surface area contributed by atoms with Crippen LogP contribution < -0.4 is 20.1 Å². The average molecular weight is 512 g/mol. The smallest absolute Gasteiger partial charge is 0.211 e. The zero-order chi connectivity index (χ0) is 19.2. The number of sulfonamides is 1. The summed E-state index contributed by atoms with van der Waals surface area (Å²) in [5, 5.41) is 6.39. The summed E-state index contributed by atoms with van der Waals surface area (Å²) in [7, 11) is 0.0875. The largest absolute Gasteiger partial charge is 0.493 e. The van der Waals surface area contributed by atoms with Gasteiger partial charge in [-0.15, -0.1) is 24.0 Å². The number of nitrogens with one attached hydrogen (secondary N) is 2. The number of ether oxygens (including phenoxy) is 2. The topological polar surface area (TPSA) is 92.3 Å². The number of rotatable bonds is 7. The van der Waals surface area contributed by atoms with Gasteiger partial charge in [-0.1, -0.05) is 0 Å². The molecular weight excluding hydrogens is 483 g/mol. The minimum atomic E-state index is -3.18. The molecule has 0 aliphatic carbocycles. The van der Waals surface area contributed by atoms with E-state index in [-0.39, 0.29) is 30.0 Å². The average Bonchev–Trinajstić information content (AvgIpc) is 3.08. The first-order valence-corrected chi connectivity index (χ1v) is 10.5. The van der Waals surface area contributed by atoms with Gasteiger partial charge in [0, 0.05) is 37.9 Å². The predicted octanol–water partition coefficient (Wildman–Crippen LogP) is 2.12. The van der Waals surface area contributed by atoms with Crippen LogP contribution in [0, 0.1) is 0 Å². The summed E-state index contributed by atoms with van der Waals surface area (Å²) >= 11 is 0. The molecule has 2 rings (SSSR count). The minimum absolute atomic E-state index is 0. The number of aliphatic imine (C=N–C) groups is 1. The molecule has 0 unspecified atom stereocenters.